The van der Waals surface area contributed by atoms with E-state index in [1.54, 1.807) is 0 Å². The van der Waals surface area contributed by atoms with E-state index in [0.717, 1.165) is 13.0 Å². The number of halogens is 3. The van der Waals surface area contributed by atoms with E-state index in [2.05, 4.69) is 22.9 Å². The van der Waals surface area contributed by atoms with Crippen LogP contribution >= 0.6 is 23.2 Å². The second kappa shape index (κ2) is 6.31. The van der Waals surface area contributed by atoms with Crippen molar-refractivity contribution in [3.8, 4) is 0 Å². The van der Waals surface area contributed by atoms with E-state index in [0.29, 0.717) is 12.2 Å². The predicted octanol–water partition coefficient (Wildman–Crippen LogP) is 4.96. The van der Waals surface area contributed by atoms with Crippen molar-refractivity contribution in [3.63, 3.8) is 0 Å². The number of benzene rings is 1. The molecule has 2 rings (SSSR count). The summed E-state index contributed by atoms with van der Waals surface area (Å²) in [6, 6.07) is 7.14. The third-order valence-corrected chi connectivity index (χ3v) is 3.40. The van der Waals surface area contributed by atoms with Crippen LogP contribution in [0.4, 0.5) is 10.1 Å². The molecule has 0 spiro atoms. The van der Waals surface area contributed by atoms with E-state index in [-0.39, 0.29) is 10.0 Å². The van der Waals surface area contributed by atoms with Crippen molar-refractivity contribution in [2.24, 2.45) is 0 Å². The molecule has 1 heterocycles. The molecule has 1 N–H and O–H groups in total. The number of rotatable bonds is 5. The number of nitrogens with one attached hydrogen (secondary N) is 1. The molecule has 2 aromatic rings. The monoisotopic (exact) mass is 300 g/mol. The SMILES string of the molecule is CCCn1cccc1CNc1cc(Cl)c(F)c(Cl)c1. The van der Waals surface area contributed by atoms with E-state index in [9.17, 15) is 4.39 Å². The minimum Gasteiger partial charge on any atom is -0.379 e. The highest BCUT2D eigenvalue weighted by Gasteiger charge is 2.08. The lowest BCUT2D eigenvalue weighted by Crippen LogP contribution is -2.07. The third-order valence-electron chi connectivity index (χ3n) is 2.85. The fourth-order valence-electron chi connectivity index (χ4n) is 1.92. The van der Waals surface area contributed by atoms with Gasteiger partial charge >= 0.3 is 0 Å². The van der Waals surface area contributed by atoms with Crippen molar-refractivity contribution in [1.82, 2.24) is 4.57 Å². The Morgan fingerprint density at radius 1 is 1.26 bits per heavy atom. The van der Waals surface area contributed by atoms with E-state index in [1.807, 2.05) is 12.3 Å². The first-order valence-electron chi connectivity index (χ1n) is 6.14. The maximum Gasteiger partial charge on any atom is 0.160 e. The Hall–Kier alpha value is -1.19. The molecule has 0 saturated carbocycles. The molecule has 0 fully saturated rings. The van der Waals surface area contributed by atoms with Crippen molar-refractivity contribution in [2.75, 3.05) is 5.32 Å². The van der Waals surface area contributed by atoms with Crippen LogP contribution in [-0.4, -0.2) is 4.57 Å². The predicted molar refractivity (Wildman–Crippen MR) is 78.5 cm³/mol. The number of anilines is 1. The molecule has 0 aliphatic heterocycles. The maximum absolute atomic E-state index is 13.3. The summed E-state index contributed by atoms with van der Waals surface area (Å²) in [5.41, 5.74) is 1.87. The first kappa shape index (κ1) is 14.2. The normalized spacial score (nSPS) is 10.7. The van der Waals surface area contributed by atoms with E-state index < -0.39 is 5.82 Å². The van der Waals surface area contributed by atoms with Crippen LogP contribution in [0.25, 0.3) is 0 Å². The molecular weight excluding hydrogens is 286 g/mol. The molecule has 0 aliphatic rings. The standard InChI is InChI=1S/C14H15Cl2FN2/c1-2-5-19-6-3-4-11(19)9-18-10-7-12(15)14(17)13(16)8-10/h3-4,6-8,18H,2,5,9H2,1H3. The molecule has 0 atom stereocenters. The Bertz CT molecular complexity index is 543. The highest BCUT2D eigenvalue weighted by atomic mass is 35.5. The van der Waals surface area contributed by atoms with Gasteiger partial charge in [-0.2, -0.15) is 0 Å². The summed E-state index contributed by atoms with van der Waals surface area (Å²) >= 11 is 11.5. The second-order valence-corrected chi connectivity index (χ2v) is 5.11. The van der Waals surface area contributed by atoms with Gasteiger partial charge in [-0.15, -0.1) is 0 Å². The first-order valence-corrected chi connectivity index (χ1v) is 6.90. The van der Waals surface area contributed by atoms with Crippen LogP contribution in [-0.2, 0) is 13.1 Å². The van der Waals surface area contributed by atoms with Gasteiger partial charge in [-0.25, -0.2) is 4.39 Å². The summed E-state index contributed by atoms with van der Waals surface area (Å²) in [4.78, 5) is 0. The van der Waals surface area contributed by atoms with Gasteiger partial charge in [-0.3, -0.25) is 0 Å². The summed E-state index contributed by atoms with van der Waals surface area (Å²) in [5.74, 6) is -0.580. The van der Waals surface area contributed by atoms with Gasteiger partial charge in [0.2, 0.25) is 0 Å². The molecule has 2 nitrogen and oxygen atoms in total. The summed E-state index contributed by atoms with van der Waals surface area (Å²) in [7, 11) is 0. The van der Waals surface area contributed by atoms with Crippen LogP contribution in [0.15, 0.2) is 30.5 Å². The van der Waals surface area contributed by atoms with Crippen molar-refractivity contribution in [2.45, 2.75) is 26.4 Å². The minimum atomic E-state index is -0.580. The Balaban J connectivity index is 2.08. The first-order chi connectivity index (χ1) is 9.11. The Kier molecular flexibility index (Phi) is 4.72. The molecule has 0 amide bonds. The maximum atomic E-state index is 13.3. The molecule has 0 bridgehead atoms. The highest BCUT2D eigenvalue weighted by Crippen LogP contribution is 2.27. The Labute approximate surface area is 122 Å². The van der Waals surface area contributed by atoms with Crippen molar-refractivity contribution >= 4 is 28.9 Å². The topological polar surface area (TPSA) is 17.0 Å². The van der Waals surface area contributed by atoms with E-state index in [4.69, 9.17) is 23.2 Å². The zero-order chi connectivity index (χ0) is 13.8. The molecule has 19 heavy (non-hydrogen) atoms. The zero-order valence-corrected chi connectivity index (χ0v) is 12.1. The molecule has 1 aromatic carbocycles. The summed E-state index contributed by atoms with van der Waals surface area (Å²) in [6.45, 7) is 3.76. The molecule has 0 unspecified atom stereocenters. The van der Waals surface area contributed by atoms with Gasteiger partial charge in [0, 0.05) is 24.1 Å². The van der Waals surface area contributed by atoms with Crippen molar-refractivity contribution in [1.29, 1.82) is 0 Å². The minimum absolute atomic E-state index is 0.0268. The van der Waals surface area contributed by atoms with Gasteiger partial charge in [-0.05, 0) is 30.7 Å². The van der Waals surface area contributed by atoms with Crippen LogP contribution in [0.3, 0.4) is 0 Å². The van der Waals surface area contributed by atoms with Gasteiger partial charge in [0.15, 0.2) is 5.82 Å². The zero-order valence-electron chi connectivity index (χ0n) is 10.6. The number of hydrogen-bond donors (Lipinski definition) is 1. The number of aryl methyl sites for hydroxylation is 1. The lowest BCUT2D eigenvalue weighted by Gasteiger charge is -2.11. The van der Waals surface area contributed by atoms with Crippen LogP contribution in [0.1, 0.15) is 19.0 Å². The lowest BCUT2D eigenvalue weighted by atomic mass is 10.3. The van der Waals surface area contributed by atoms with Crippen LogP contribution < -0.4 is 5.32 Å². The molecule has 102 valence electrons. The number of nitrogens with zero attached hydrogens (tertiary/aromatic N) is 1. The third kappa shape index (κ3) is 3.43. The van der Waals surface area contributed by atoms with Crippen LogP contribution in [0.2, 0.25) is 10.0 Å². The quantitative estimate of drug-likeness (QED) is 0.773. The van der Waals surface area contributed by atoms with Crippen molar-refractivity contribution in [3.05, 3.63) is 52.0 Å². The lowest BCUT2D eigenvalue weighted by molar-refractivity contribution is 0.628. The fourth-order valence-corrected chi connectivity index (χ4v) is 2.41. The summed E-state index contributed by atoms with van der Waals surface area (Å²) in [6.07, 6.45) is 3.13. The van der Waals surface area contributed by atoms with Gasteiger partial charge in [0.25, 0.3) is 0 Å². The molecule has 0 aliphatic carbocycles. The molecule has 1 aromatic heterocycles. The van der Waals surface area contributed by atoms with Gasteiger partial charge in [0.05, 0.1) is 16.6 Å². The average molecular weight is 301 g/mol. The van der Waals surface area contributed by atoms with Gasteiger partial charge < -0.3 is 9.88 Å². The molecule has 0 radical (unpaired) electrons. The van der Waals surface area contributed by atoms with Gasteiger partial charge in [-0.1, -0.05) is 30.1 Å². The van der Waals surface area contributed by atoms with Crippen LogP contribution in [0, 0.1) is 5.82 Å². The van der Waals surface area contributed by atoms with Gasteiger partial charge in [0.1, 0.15) is 0 Å². The van der Waals surface area contributed by atoms with E-state index >= 15 is 0 Å². The van der Waals surface area contributed by atoms with E-state index in [1.165, 1.54) is 17.8 Å². The number of hydrogen-bond acceptors (Lipinski definition) is 1. The van der Waals surface area contributed by atoms with Crippen LogP contribution in [0.5, 0.6) is 0 Å². The largest absolute Gasteiger partial charge is 0.379 e. The highest BCUT2D eigenvalue weighted by molar-refractivity contribution is 6.35. The second-order valence-electron chi connectivity index (χ2n) is 4.30. The molecule has 5 heteroatoms. The Morgan fingerprint density at radius 2 is 1.95 bits per heavy atom. The average Bonchev–Trinajstić information content (AvgIpc) is 2.81. The fraction of sp³-hybridized carbons (Fsp3) is 0.286. The molecular formula is C14H15Cl2FN2. The summed E-state index contributed by atoms with van der Waals surface area (Å²) < 4.78 is 15.5. The van der Waals surface area contributed by atoms with Crippen molar-refractivity contribution < 1.29 is 4.39 Å². The summed E-state index contributed by atoms with van der Waals surface area (Å²) in [5, 5.41) is 3.25. The number of aromatic nitrogens is 1. The Morgan fingerprint density at radius 3 is 2.58 bits per heavy atom. The smallest absolute Gasteiger partial charge is 0.160 e. The molecule has 0 saturated heterocycles.